The Bertz CT molecular complexity index is 697. The molecule has 1 heterocycles. The van der Waals surface area contributed by atoms with Gasteiger partial charge in [0.1, 0.15) is 5.82 Å². The maximum Gasteiger partial charge on any atom is 0.251 e. The topological polar surface area (TPSA) is 32.3 Å². The van der Waals surface area contributed by atoms with Gasteiger partial charge >= 0.3 is 0 Å². The summed E-state index contributed by atoms with van der Waals surface area (Å²) in [6.07, 6.45) is 2.59. The van der Waals surface area contributed by atoms with Gasteiger partial charge in [0.05, 0.1) is 0 Å². The van der Waals surface area contributed by atoms with Crippen LogP contribution < -0.4 is 5.32 Å². The number of amides is 1. The molecule has 4 heteroatoms. The van der Waals surface area contributed by atoms with Crippen molar-refractivity contribution in [3.05, 3.63) is 71.0 Å². The summed E-state index contributed by atoms with van der Waals surface area (Å²) in [5.41, 5.74) is 2.77. The molecule has 1 amide bonds. The first-order chi connectivity index (χ1) is 12.1. The van der Waals surface area contributed by atoms with E-state index in [9.17, 15) is 9.18 Å². The highest BCUT2D eigenvalue weighted by atomic mass is 19.1. The number of carbonyl (C=O) groups is 1. The van der Waals surface area contributed by atoms with Crippen LogP contribution in [0.5, 0.6) is 0 Å². The van der Waals surface area contributed by atoms with Crippen LogP contribution in [0.4, 0.5) is 4.39 Å². The molecule has 1 fully saturated rings. The van der Waals surface area contributed by atoms with Gasteiger partial charge in [-0.1, -0.05) is 31.2 Å². The van der Waals surface area contributed by atoms with Crippen LogP contribution in [0.2, 0.25) is 0 Å². The van der Waals surface area contributed by atoms with Crippen LogP contribution in [-0.4, -0.2) is 23.9 Å². The van der Waals surface area contributed by atoms with Crippen molar-refractivity contribution in [2.24, 2.45) is 5.92 Å². The molecular weight excluding hydrogens is 315 g/mol. The van der Waals surface area contributed by atoms with Gasteiger partial charge in [-0.2, -0.15) is 0 Å². The minimum atomic E-state index is -0.270. The lowest BCUT2D eigenvalue weighted by Crippen LogP contribution is -2.33. The zero-order valence-corrected chi connectivity index (χ0v) is 14.7. The van der Waals surface area contributed by atoms with Crippen LogP contribution in [0.3, 0.4) is 0 Å². The third-order valence-corrected chi connectivity index (χ3v) is 4.73. The molecule has 3 rings (SSSR count). The van der Waals surface area contributed by atoms with Gasteiger partial charge in [-0.25, -0.2) is 4.39 Å². The van der Waals surface area contributed by atoms with Crippen LogP contribution in [0, 0.1) is 11.7 Å². The number of nitrogens with zero attached hydrogens (tertiary/aromatic N) is 1. The number of rotatable bonds is 5. The highest BCUT2D eigenvalue weighted by Gasteiger charge is 2.16. The zero-order valence-electron chi connectivity index (χ0n) is 14.7. The molecule has 2 aromatic carbocycles. The first-order valence-electron chi connectivity index (χ1n) is 8.94. The van der Waals surface area contributed by atoms with Crippen molar-refractivity contribution >= 4 is 5.91 Å². The molecular formula is C21H25FN2O. The smallest absolute Gasteiger partial charge is 0.251 e. The second-order valence-corrected chi connectivity index (χ2v) is 6.99. The molecule has 1 atom stereocenters. The largest absolute Gasteiger partial charge is 0.348 e. The third-order valence-electron chi connectivity index (χ3n) is 4.73. The molecule has 25 heavy (non-hydrogen) atoms. The molecule has 1 aliphatic heterocycles. The Balaban J connectivity index is 1.52. The van der Waals surface area contributed by atoms with Crippen LogP contribution in [-0.2, 0) is 13.1 Å². The Kier molecular flexibility index (Phi) is 5.82. The van der Waals surface area contributed by atoms with E-state index in [1.165, 1.54) is 30.5 Å². The Labute approximate surface area is 148 Å². The molecule has 0 aliphatic carbocycles. The summed E-state index contributed by atoms with van der Waals surface area (Å²) in [7, 11) is 0. The van der Waals surface area contributed by atoms with Crippen molar-refractivity contribution in [2.45, 2.75) is 32.9 Å². The predicted molar refractivity (Wildman–Crippen MR) is 97.7 cm³/mol. The molecule has 3 nitrogen and oxygen atoms in total. The van der Waals surface area contributed by atoms with E-state index in [1.54, 1.807) is 12.1 Å². The second kappa shape index (κ2) is 8.26. The maximum atomic E-state index is 12.9. The highest BCUT2D eigenvalue weighted by Crippen LogP contribution is 2.18. The summed E-state index contributed by atoms with van der Waals surface area (Å²) in [6, 6.07) is 14.0. The Hall–Kier alpha value is -2.20. The molecule has 1 unspecified atom stereocenters. The Morgan fingerprint density at radius 1 is 1.12 bits per heavy atom. The van der Waals surface area contributed by atoms with E-state index in [0.717, 1.165) is 31.1 Å². The summed E-state index contributed by atoms with van der Waals surface area (Å²) in [6.45, 7) is 5.96. The summed E-state index contributed by atoms with van der Waals surface area (Å²) in [4.78, 5) is 14.7. The van der Waals surface area contributed by atoms with Gasteiger partial charge in [0.2, 0.25) is 0 Å². The van der Waals surface area contributed by atoms with Crippen molar-refractivity contribution in [1.29, 1.82) is 0 Å². The van der Waals surface area contributed by atoms with Gasteiger partial charge in [0.25, 0.3) is 5.91 Å². The average Bonchev–Trinajstić information content (AvgIpc) is 2.62. The van der Waals surface area contributed by atoms with Crippen LogP contribution >= 0.6 is 0 Å². The van der Waals surface area contributed by atoms with Gasteiger partial charge in [0, 0.05) is 25.2 Å². The van der Waals surface area contributed by atoms with Crippen LogP contribution in [0.15, 0.2) is 48.5 Å². The van der Waals surface area contributed by atoms with E-state index in [4.69, 9.17) is 0 Å². The maximum absolute atomic E-state index is 12.9. The predicted octanol–water partition coefficient (Wildman–Crippen LogP) is 3.99. The number of benzene rings is 2. The van der Waals surface area contributed by atoms with E-state index < -0.39 is 0 Å². The number of halogens is 1. The van der Waals surface area contributed by atoms with Gasteiger partial charge < -0.3 is 5.32 Å². The molecule has 0 spiro atoms. The minimum Gasteiger partial charge on any atom is -0.348 e. The SMILES string of the molecule is CC1CCCN(Cc2ccc(C(=O)NCc3ccc(F)cc3)cc2)C1. The molecule has 0 saturated carbocycles. The van der Waals surface area contributed by atoms with Crippen molar-refractivity contribution < 1.29 is 9.18 Å². The standard InChI is InChI=1S/C21H25FN2O/c1-16-3-2-12-24(14-16)15-18-4-8-19(9-5-18)21(25)23-13-17-6-10-20(22)11-7-17/h4-11,16H,2-3,12-15H2,1H3,(H,23,25). The summed E-state index contributed by atoms with van der Waals surface area (Å²) < 4.78 is 12.9. The molecule has 1 saturated heterocycles. The highest BCUT2D eigenvalue weighted by molar-refractivity contribution is 5.94. The quantitative estimate of drug-likeness (QED) is 0.893. The molecule has 0 radical (unpaired) electrons. The summed E-state index contributed by atoms with van der Waals surface area (Å²) >= 11 is 0. The number of hydrogen-bond acceptors (Lipinski definition) is 2. The van der Waals surface area contributed by atoms with E-state index in [-0.39, 0.29) is 11.7 Å². The van der Waals surface area contributed by atoms with Gasteiger partial charge in [0.15, 0.2) is 0 Å². The first-order valence-corrected chi connectivity index (χ1v) is 8.94. The number of hydrogen-bond donors (Lipinski definition) is 1. The minimum absolute atomic E-state index is 0.109. The lowest BCUT2D eigenvalue weighted by Gasteiger charge is -2.30. The van der Waals surface area contributed by atoms with Crippen molar-refractivity contribution in [3.8, 4) is 0 Å². The fourth-order valence-corrected chi connectivity index (χ4v) is 3.34. The fourth-order valence-electron chi connectivity index (χ4n) is 3.34. The molecule has 1 aliphatic rings. The van der Waals surface area contributed by atoms with Crippen LogP contribution in [0.1, 0.15) is 41.3 Å². The fraction of sp³-hybridized carbons (Fsp3) is 0.381. The lowest BCUT2D eigenvalue weighted by molar-refractivity contribution is 0.0951. The Morgan fingerprint density at radius 3 is 2.48 bits per heavy atom. The molecule has 132 valence electrons. The number of likely N-dealkylation sites (tertiary alicyclic amines) is 1. The van der Waals surface area contributed by atoms with E-state index in [0.29, 0.717) is 12.1 Å². The van der Waals surface area contributed by atoms with Crippen LogP contribution in [0.25, 0.3) is 0 Å². The van der Waals surface area contributed by atoms with Gasteiger partial charge in [-0.3, -0.25) is 9.69 Å². The first kappa shape index (κ1) is 17.6. The third kappa shape index (κ3) is 5.13. The normalized spacial score (nSPS) is 18.1. The van der Waals surface area contributed by atoms with E-state index in [2.05, 4.69) is 17.1 Å². The molecule has 0 aromatic heterocycles. The molecule has 0 bridgehead atoms. The zero-order chi connectivity index (χ0) is 17.6. The van der Waals surface area contributed by atoms with Crippen molar-refractivity contribution in [3.63, 3.8) is 0 Å². The van der Waals surface area contributed by atoms with Crippen molar-refractivity contribution in [2.75, 3.05) is 13.1 Å². The summed E-state index contributed by atoms with van der Waals surface area (Å²) in [5.74, 6) is 0.390. The molecule has 1 N–H and O–H groups in total. The van der Waals surface area contributed by atoms with Crippen molar-refractivity contribution in [1.82, 2.24) is 10.2 Å². The van der Waals surface area contributed by atoms with E-state index in [1.807, 2.05) is 24.3 Å². The average molecular weight is 340 g/mol. The summed E-state index contributed by atoms with van der Waals surface area (Å²) in [5, 5.41) is 2.87. The monoisotopic (exact) mass is 340 g/mol. The molecule has 2 aromatic rings. The number of piperidine rings is 1. The number of nitrogens with one attached hydrogen (secondary N) is 1. The lowest BCUT2D eigenvalue weighted by atomic mass is 9.99. The van der Waals surface area contributed by atoms with Gasteiger partial charge in [-0.15, -0.1) is 0 Å². The second-order valence-electron chi connectivity index (χ2n) is 6.99. The van der Waals surface area contributed by atoms with Gasteiger partial charge in [-0.05, 0) is 60.7 Å². The van der Waals surface area contributed by atoms with E-state index >= 15 is 0 Å². The number of carbonyl (C=O) groups excluding carboxylic acids is 1. The Morgan fingerprint density at radius 2 is 1.80 bits per heavy atom.